The van der Waals surface area contributed by atoms with Crippen molar-refractivity contribution in [3.63, 3.8) is 0 Å². The maximum atomic E-state index is 12.8. The van der Waals surface area contributed by atoms with Crippen molar-refractivity contribution in [2.75, 3.05) is 6.61 Å². The average molecular weight is 783 g/mol. The minimum Gasteiger partial charge on any atom is -0.507 e. The van der Waals surface area contributed by atoms with Gasteiger partial charge < -0.3 is 28.8 Å². The Morgan fingerprint density at radius 1 is 0.679 bits per heavy atom. The first-order valence-electron chi connectivity index (χ1n) is 18.7. The summed E-state index contributed by atoms with van der Waals surface area (Å²) in [5, 5.41) is 17.8. The molecule has 1 aliphatic rings. The van der Waals surface area contributed by atoms with E-state index in [0.29, 0.717) is 0 Å². The van der Waals surface area contributed by atoms with Crippen molar-refractivity contribution in [2.24, 2.45) is 0 Å². The monoisotopic (exact) mass is 782 g/mol. The van der Waals surface area contributed by atoms with Crippen LogP contribution in [0, 0.1) is 0 Å². The highest BCUT2D eigenvalue weighted by Crippen LogP contribution is 2.50. The number of hydrogen-bond donors (Lipinski definition) is 1. The van der Waals surface area contributed by atoms with E-state index in [1.165, 1.54) is 39.5 Å². The number of aromatic hydroxyl groups is 1. The molecule has 0 aliphatic carbocycles. The van der Waals surface area contributed by atoms with E-state index in [-0.39, 0.29) is 12.4 Å². The molecule has 0 bridgehead atoms. The van der Waals surface area contributed by atoms with Gasteiger partial charge in [-0.2, -0.15) is 0 Å². The minimum absolute atomic E-state index is 0.222. The second-order valence-corrected chi connectivity index (χ2v) is 17.8. The van der Waals surface area contributed by atoms with Crippen LogP contribution in [0.15, 0.2) is 66.7 Å². The van der Waals surface area contributed by atoms with Crippen molar-refractivity contribution >= 4 is 68.0 Å². The average Bonchev–Trinajstić information content (AvgIpc) is 3.09. The molecule has 1 fully saturated rings. The number of esters is 4. The molecule has 3 unspecified atom stereocenters. The highest BCUT2D eigenvalue weighted by molar-refractivity contribution is 8.00. The largest absolute Gasteiger partial charge is 0.507 e. The molecule has 1 aliphatic heterocycles. The van der Waals surface area contributed by atoms with Crippen LogP contribution < -0.4 is 0 Å². The first kappa shape index (κ1) is 40.8. The van der Waals surface area contributed by atoms with E-state index in [2.05, 4.69) is 90.1 Å². The highest BCUT2D eigenvalue weighted by Gasteiger charge is 2.53. The Hall–Kier alpha value is -4.87. The summed E-state index contributed by atoms with van der Waals surface area (Å²) in [6.45, 7) is 16.9. The summed E-state index contributed by atoms with van der Waals surface area (Å²) in [5.74, 6) is -2.44. The molecule has 296 valence electrons. The van der Waals surface area contributed by atoms with E-state index in [0.717, 1.165) is 54.6 Å². The third-order valence-electron chi connectivity index (χ3n) is 10.1. The van der Waals surface area contributed by atoms with Gasteiger partial charge in [-0.1, -0.05) is 108 Å². The van der Waals surface area contributed by atoms with Gasteiger partial charge in [0.2, 0.25) is 0 Å². The smallest absolute Gasteiger partial charge is 0.303 e. The van der Waals surface area contributed by atoms with Crippen LogP contribution in [0.2, 0.25) is 0 Å². The number of rotatable bonds is 9. The molecular weight excluding hydrogens is 733 g/mol. The Morgan fingerprint density at radius 2 is 1.18 bits per heavy atom. The first-order chi connectivity index (χ1) is 26.2. The molecule has 6 rings (SSSR count). The van der Waals surface area contributed by atoms with Crippen LogP contribution in [-0.4, -0.2) is 65.4 Å². The number of phenols is 1. The molecule has 0 aromatic heterocycles. The molecule has 0 saturated carbocycles. The molecular formula is C45H50O10S. The molecule has 1 saturated heterocycles. The Kier molecular flexibility index (Phi) is 11.3. The van der Waals surface area contributed by atoms with E-state index in [1.807, 2.05) is 18.2 Å². The van der Waals surface area contributed by atoms with Gasteiger partial charge in [0, 0.05) is 27.7 Å². The van der Waals surface area contributed by atoms with E-state index in [4.69, 9.17) is 23.7 Å². The van der Waals surface area contributed by atoms with Crippen molar-refractivity contribution in [1.29, 1.82) is 0 Å². The number of phenolic OH excluding ortho intramolecular Hbond substituents is 1. The lowest BCUT2D eigenvalue weighted by Gasteiger charge is -2.45. The third-order valence-corrected chi connectivity index (χ3v) is 11.6. The van der Waals surface area contributed by atoms with E-state index >= 15 is 0 Å². The number of carbonyl (C=O) groups is 4. The van der Waals surface area contributed by atoms with Crippen molar-refractivity contribution < 1.29 is 48.0 Å². The summed E-state index contributed by atoms with van der Waals surface area (Å²) in [7, 11) is 0. The molecule has 0 spiro atoms. The lowest BCUT2D eigenvalue weighted by atomic mass is 9.77. The zero-order valence-corrected chi connectivity index (χ0v) is 34.4. The summed E-state index contributed by atoms with van der Waals surface area (Å²) in [5.41, 5.74) is 1.34. The predicted octanol–water partition coefficient (Wildman–Crippen LogP) is 8.79. The van der Waals surface area contributed by atoms with Crippen molar-refractivity contribution in [2.45, 2.75) is 115 Å². The number of benzene rings is 5. The summed E-state index contributed by atoms with van der Waals surface area (Å²) in [6, 6.07) is 22.9. The maximum Gasteiger partial charge on any atom is 0.303 e. The van der Waals surface area contributed by atoms with Crippen LogP contribution in [0.1, 0.15) is 96.7 Å². The van der Waals surface area contributed by atoms with E-state index < -0.39 is 69.8 Å². The van der Waals surface area contributed by atoms with Gasteiger partial charge in [0.05, 0.1) is 5.25 Å². The summed E-state index contributed by atoms with van der Waals surface area (Å²) in [4.78, 5) is 50.0. The molecule has 56 heavy (non-hydrogen) atoms. The van der Waals surface area contributed by atoms with Crippen LogP contribution in [0.5, 0.6) is 5.75 Å². The molecule has 0 radical (unpaired) electrons. The summed E-state index contributed by atoms with van der Waals surface area (Å²) < 4.78 is 29.5. The number of hydrogen-bond acceptors (Lipinski definition) is 11. The molecule has 11 heteroatoms. The van der Waals surface area contributed by atoms with Gasteiger partial charge in [0.1, 0.15) is 23.9 Å². The van der Waals surface area contributed by atoms with Crippen molar-refractivity contribution in [1.82, 2.24) is 0 Å². The van der Waals surface area contributed by atoms with Crippen molar-refractivity contribution in [3.8, 4) is 5.75 Å². The fourth-order valence-corrected chi connectivity index (χ4v) is 9.19. The van der Waals surface area contributed by atoms with Crippen LogP contribution in [0.3, 0.4) is 0 Å². The van der Waals surface area contributed by atoms with Gasteiger partial charge in [0.15, 0.2) is 18.3 Å². The van der Waals surface area contributed by atoms with Crippen LogP contribution >= 0.6 is 11.8 Å². The van der Waals surface area contributed by atoms with Gasteiger partial charge in [0.25, 0.3) is 0 Å². The normalized spacial score (nSPS) is 20.9. The van der Waals surface area contributed by atoms with Crippen LogP contribution in [-0.2, 0) is 53.7 Å². The summed E-state index contributed by atoms with van der Waals surface area (Å²) >= 11 is 1.33. The lowest BCUT2D eigenvalue weighted by Crippen LogP contribution is -2.61. The highest BCUT2D eigenvalue weighted by atomic mass is 32.2. The number of thioether (sulfide) groups is 1. The Bertz CT molecular complexity index is 2250. The molecule has 1 heterocycles. The molecule has 5 aromatic carbocycles. The predicted molar refractivity (Wildman–Crippen MR) is 217 cm³/mol. The van der Waals surface area contributed by atoms with Crippen LogP contribution in [0.4, 0.5) is 0 Å². The van der Waals surface area contributed by atoms with E-state index in [9.17, 15) is 24.3 Å². The van der Waals surface area contributed by atoms with E-state index in [1.54, 1.807) is 0 Å². The Labute approximate surface area is 331 Å². The maximum absolute atomic E-state index is 12.8. The second kappa shape index (κ2) is 15.6. The van der Waals surface area contributed by atoms with Gasteiger partial charge in [-0.05, 0) is 65.4 Å². The standard InChI is InChI=1S/C45H50O10S/c1-23(46)51-22-35-39(52-24(2)47)40(53-25(3)48)41(54-26(4)49)43(55-35)56-42(30-20-33(44(5,6)7)38(50)34(21-30)45(8,9)10)32-19-17-29-15-14-27-12-11-13-28-16-18-31(32)37(29)36(27)28/h11-21,35,39-43,50H,22H2,1-10H3/t35?,39-,40?,41?,42+,43+/m1/s1. The Balaban J connectivity index is 1.63. The van der Waals surface area contributed by atoms with Gasteiger partial charge >= 0.3 is 23.9 Å². The van der Waals surface area contributed by atoms with Gasteiger partial charge in [-0.15, -0.1) is 11.8 Å². The Morgan fingerprint density at radius 3 is 1.71 bits per heavy atom. The fourth-order valence-electron chi connectivity index (χ4n) is 7.70. The molecule has 0 amide bonds. The molecule has 5 aromatic rings. The SMILES string of the molecule is CC(=O)OCC1O[C@@H](S[C@@H](c2cc(C(C)(C)C)c(O)c(C(C)(C)C)c2)c2ccc3ccc4cccc5ccc2c3c45)C(OC(C)=O)C(OC(C)=O)[C@@H]1OC(C)=O. The second-order valence-electron chi connectivity index (χ2n) is 16.6. The van der Waals surface area contributed by atoms with Crippen molar-refractivity contribution in [3.05, 3.63) is 89.0 Å². The third kappa shape index (κ3) is 8.30. The van der Waals surface area contributed by atoms with Gasteiger partial charge in [-0.3, -0.25) is 19.2 Å². The summed E-state index contributed by atoms with van der Waals surface area (Å²) in [6.07, 6.45) is -4.96. The fraction of sp³-hybridized carbons (Fsp3) is 0.422. The number of ether oxygens (including phenoxy) is 5. The number of carbonyl (C=O) groups excluding carboxylic acids is 4. The molecule has 1 N–H and O–H groups in total. The quantitative estimate of drug-likeness (QED) is 0.0874. The molecule has 6 atom stereocenters. The zero-order valence-electron chi connectivity index (χ0n) is 33.6. The van der Waals surface area contributed by atoms with Gasteiger partial charge in [-0.25, -0.2) is 0 Å². The first-order valence-corrected chi connectivity index (χ1v) is 19.7. The zero-order chi connectivity index (χ0) is 40.9. The molecule has 10 nitrogen and oxygen atoms in total. The minimum atomic E-state index is -1.32. The lowest BCUT2D eigenvalue weighted by molar-refractivity contribution is -0.237. The van der Waals surface area contributed by atoms with Crippen LogP contribution in [0.25, 0.3) is 32.3 Å². The topological polar surface area (TPSA) is 135 Å².